The molecule has 0 spiro atoms. The van der Waals surface area contributed by atoms with Crippen LogP contribution in [0.25, 0.3) is 0 Å². The summed E-state index contributed by atoms with van der Waals surface area (Å²) in [5, 5.41) is 7.86. The molecule has 0 atom stereocenters. The molecule has 0 unspecified atom stereocenters. The molecule has 1 aliphatic rings. The monoisotopic (exact) mass is 490 g/mol. The normalized spacial score (nSPS) is 21.8. The lowest BCUT2D eigenvalue weighted by atomic mass is 9.80. The third-order valence-corrected chi connectivity index (χ3v) is 5.38. The van der Waals surface area contributed by atoms with E-state index in [1.807, 2.05) is 0 Å². The average molecular weight is 490 g/mol. The van der Waals surface area contributed by atoms with Gasteiger partial charge in [0.2, 0.25) is 0 Å². The molecule has 2 rings (SSSR count). The summed E-state index contributed by atoms with van der Waals surface area (Å²) in [6, 6.07) is 0.369. The third kappa shape index (κ3) is 6.92. The van der Waals surface area contributed by atoms with Crippen LogP contribution in [0.15, 0.2) is 10.4 Å². The van der Waals surface area contributed by atoms with Gasteiger partial charge in [-0.3, -0.25) is 4.99 Å². The van der Waals surface area contributed by atoms with E-state index >= 15 is 0 Å². The molecule has 0 aliphatic heterocycles. The van der Waals surface area contributed by atoms with Gasteiger partial charge in [0.25, 0.3) is 0 Å². The highest BCUT2D eigenvalue weighted by Crippen LogP contribution is 2.30. The minimum Gasteiger partial charge on any atom is -0.354 e. The highest BCUT2D eigenvalue weighted by Gasteiger charge is 2.33. The zero-order chi connectivity index (χ0) is 17.7. The van der Waals surface area contributed by atoms with Crippen molar-refractivity contribution >= 4 is 41.3 Å². The maximum Gasteiger partial charge on any atom is 0.434 e. The predicted molar refractivity (Wildman–Crippen MR) is 106 cm³/mol. The molecule has 0 bridgehead atoms. The number of rotatable bonds is 4. The quantitative estimate of drug-likeness (QED) is 0.367. The predicted octanol–water partition coefficient (Wildman–Crippen LogP) is 4.66. The molecular weight excluding hydrogens is 464 g/mol. The molecule has 1 fully saturated rings. The summed E-state index contributed by atoms with van der Waals surface area (Å²) >= 11 is 1.00. The Morgan fingerprint density at radius 1 is 1.32 bits per heavy atom. The first kappa shape index (κ1) is 22.5. The number of halogens is 4. The van der Waals surface area contributed by atoms with Gasteiger partial charge in [-0.05, 0) is 37.5 Å². The van der Waals surface area contributed by atoms with Crippen LogP contribution in [0.4, 0.5) is 13.2 Å². The molecule has 0 saturated heterocycles. The summed E-state index contributed by atoms with van der Waals surface area (Å²) in [5.74, 6) is 2.12. The second kappa shape index (κ2) is 9.94. The van der Waals surface area contributed by atoms with Gasteiger partial charge < -0.3 is 10.6 Å². The third-order valence-electron chi connectivity index (χ3n) is 4.53. The minimum atomic E-state index is -4.39. The molecule has 1 aromatic heterocycles. The van der Waals surface area contributed by atoms with E-state index in [0.29, 0.717) is 17.0 Å². The van der Waals surface area contributed by atoms with Gasteiger partial charge in [-0.15, -0.1) is 35.3 Å². The summed E-state index contributed by atoms with van der Waals surface area (Å²) in [6.45, 7) is 4.77. The van der Waals surface area contributed by atoms with E-state index in [9.17, 15) is 13.2 Å². The second-order valence-electron chi connectivity index (χ2n) is 6.55. The lowest BCUT2D eigenvalue weighted by Crippen LogP contribution is -2.44. The zero-order valence-corrected chi connectivity index (χ0v) is 17.8. The molecule has 144 valence electrons. The molecule has 25 heavy (non-hydrogen) atoms. The van der Waals surface area contributed by atoms with Crippen LogP contribution in [0.2, 0.25) is 0 Å². The molecule has 0 amide bonds. The Labute approximate surface area is 168 Å². The molecule has 1 aromatic rings. The van der Waals surface area contributed by atoms with Crippen molar-refractivity contribution in [3.8, 4) is 0 Å². The molecule has 0 radical (unpaired) electrons. The van der Waals surface area contributed by atoms with Crippen molar-refractivity contribution in [3.63, 3.8) is 0 Å². The first-order valence-corrected chi connectivity index (χ1v) is 9.16. The van der Waals surface area contributed by atoms with Gasteiger partial charge in [0.05, 0.1) is 6.54 Å². The number of guanidine groups is 1. The second-order valence-corrected chi connectivity index (χ2v) is 7.49. The van der Waals surface area contributed by atoms with Gasteiger partial charge >= 0.3 is 6.18 Å². The highest BCUT2D eigenvalue weighted by atomic mass is 127. The number of nitrogens with one attached hydrogen (secondary N) is 2. The van der Waals surface area contributed by atoms with Gasteiger partial charge in [-0.2, -0.15) is 13.2 Å². The number of aromatic nitrogens is 1. The molecule has 2 N–H and O–H groups in total. The first-order valence-electron chi connectivity index (χ1n) is 8.28. The van der Waals surface area contributed by atoms with Crippen molar-refractivity contribution < 1.29 is 13.2 Å². The lowest BCUT2D eigenvalue weighted by molar-refractivity contribution is -0.140. The Morgan fingerprint density at radius 3 is 2.44 bits per heavy atom. The fourth-order valence-electron chi connectivity index (χ4n) is 3.00. The zero-order valence-electron chi connectivity index (χ0n) is 14.7. The number of thiazole rings is 1. The molecule has 0 aromatic carbocycles. The van der Waals surface area contributed by atoms with Gasteiger partial charge in [-0.25, -0.2) is 4.98 Å². The van der Waals surface area contributed by atoms with Crippen molar-refractivity contribution in [2.45, 2.75) is 58.3 Å². The number of nitrogens with zero attached hydrogens (tertiary/aromatic N) is 2. The maximum absolute atomic E-state index is 12.6. The maximum atomic E-state index is 12.6. The van der Waals surface area contributed by atoms with Gasteiger partial charge in [0.1, 0.15) is 5.01 Å². The lowest BCUT2D eigenvalue weighted by Gasteiger charge is -2.32. The van der Waals surface area contributed by atoms with E-state index < -0.39 is 11.9 Å². The van der Waals surface area contributed by atoms with Crippen LogP contribution in [0.1, 0.15) is 50.2 Å². The molecular formula is C16H26F3IN4S. The number of hydrogen-bond donors (Lipinski definition) is 2. The van der Waals surface area contributed by atoms with E-state index in [2.05, 4.69) is 34.5 Å². The number of alkyl halides is 3. The SMILES string of the molecule is CN=C(NCc1nc(C(F)(F)F)cs1)NC1CCC(C(C)C)CC1.I. The smallest absolute Gasteiger partial charge is 0.354 e. The van der Waals surface area contributed by atoms with Crippen molar-refractivity contribution in [1.82, 2.24) is 15.6 Å². The fraction of sp³-hybridized carbons (Fsp3) is 0.750. The molecule has 9 heteroatoms. The standard InChI is InChI=1S/C16H25F3N4S.HI/c1-10(2)11-4-6-12(7-5-11)22-15(20-3)21-8-14-23-13(9-24-14)16(17,18)19;/h9-12H,4-8H2,1-3H3,(H2,20,21,22);1H. The van der Waals surface area contributed by atoms with Crippen LogP contribution in [0.3, 0.4) is 0 Å². The highest BCUT2D eigenvalue weighted by molar-refractivity contribution is 14.0. The van der Waals surface area contributed by atoms with E-state index in [0.717, 1.165) is 41.4 Å². The molecule has 4 nitrogen and oxygen atoms in total. The first-order chi connectivity index (χ1) is 11.3. The van der Waals surface area contributed by atoms with Gasteiger partial charge in [-0.1, -0.05) is 13.8 Å². The van der Waals surface area contributed by atoms with Crippen molar-refractivity contribution in [2.75, 3.05) is 7.05 Å². The summed E-state index contributed by atoms with van der Waals surface area (Å²) in [4.78, 5) is 7.77. The minimum absolute atomic E-state index is 0. The van der Waals surface area contributed by atoms with E-state index in [-0.39, 0.29) is 30.5 Å². The van der Waals surface area contributed by atoms with E-state index in [1.165, 1.54) is 12.8 Å². The summed E-state index contributed by atoms with van der Waals surface area (Å²) < 4.78 is 37.7. The summed E-state index contributed by atoms with van der Waals surface area (Å²) in [7, 11) is 1.66. The van der Waals surface area contributed by atoms with Crippen LogP contribution >= 0.6 is 35.3 Å². The van der Waals surface area contributed by atoms with Gasteiger partial charge in [0, 0.05) is 18.5 Å². The van der Waals surface area contributed by atoms with E-state index in [4.69, 9.17) is 0 Å². The van der Waals surface area contributed by atoms with Crippen LogP contribution in [0, 0.1) is 11.8 Å². The fourth-order valence-corrected chi connectivity index (χ4v) is 3.74. The Kier molecular flexibility index (Phi) is 8.93. The number of aliphatic imine (C=N–C) groups is 1. The molecule has 1 aliphatic carbocycles. The Morgan fingerprint density at radius 2 is 1.96 bits per heavy atom. The van der Waals surface area contributed by atoms with Crippen molar-refractivity contribution in [1.29, 1.82) is 0 Å². The largest absolute Gasteiger partial charge is 0.434 e. The average Bonchev–Trinajstić information content (AvgIpc) is 3.01. The van der Waals surface area contributed by atoms with Crippen LogP contribution in [-0.2, 0) is 12.7 Å². The topological polar surface area (TPSA) is 49.3 Å². The Hall–Kier alpha value is -0.580. The van der Waals surface area contributed by atoms with Crippen LogP contribution in [-0.4, -0.2) is 24.0 Å². The van der Waals surface area contributed by atoms with Crippen LogP contribution in [0.5, 0.6) is 0 Å². The Balaban J connectivity index is 0.00000312. The molecule has 1 heterocycles. The molecule has 1 saturated carbocycles. The summed E-state index contributed by atoms with van der Waals surface area (Å²) in [5.41, 5.74) is -0.834. The van der Waals surface area contributed by atoms with Gasteiger partial charge in [0.15, 0.2) is 11.7 Å². The van der Waals surface area contributed by atoms with Crippen molar-refractivity contribution in [3.05, 3.63) is 16.1 Å². The summed E-state index contributed by atoms with van der Waals surface area (Å²) in [6.07, 6.45) is 0.212. The van der Waals surface area contributed by atoms with Crippen molar-refractivity contribution in [2.24, 2.45) is 16.8 Å². The van der Waals surface area contributed by atoms with Crippen LogP contribution < -0.4 is 10.6 Å². The Bertz CT molecular complexity index is 552. The number of hydrogen-bond acceptors (Lipinski definition) is 3. The van der Waals surface area contributed by atoms with E-state index in [1.54, 1.807) is 7.05 Å².